The summed E-state index contributed by atoms with van der Waals surface area (Å²) in [6.45, 7) is 3.57. The Morgan fingerprint density at radius 1 is 1.27 bits per heavy atom. The first-order valence-corrected chi connectivity index (χ1v) is 8.15. The van der Waals surface area contributed by atoms with Crippen LogP contribution >= 0.6 is 0 Å². The van der Waals surface area contributed by atoms with E-state index < -0.39 is 29.9 Å². The predicted octanol–water partition coefficient (Wildman–Crippen LogP) is 2.08. The van der Waals surface area contributed by atoms with Gasteiger partial charge in [-0.05, 0) is 50.2 Å². The quantitative estimate of drug-likeness (QED) is 0.771. The molecule has 1 saturated heterocycles. The Morgan fingerprint density at radius 3 is 2.62 bits per heavy atom. The van der Waals surface area contributed by atoms with Gasteiger partial charge < -0.3 is 19.8 Å². The molecule has 0 radical (unpaired) electrons. The molecular weight excluding hydrogens is 338 g/mol. The molecule has 8 heteroatoms. The van der Waals surface area contributed by atoms with E-state index in [9.17, 15) is 14.4 Å². The monoisotopic (exact) mass is 357 g/mol. The smallest absolute Gasteiger partial charge is 0.325 e. The molecule has 26 heavy (non-hydrogen) atoms. The van der Waals surface area contributed by atoms with E-state index in [1.54, 1.807) is 36.4 Å². The summed E-state index contributed by atoms with van der Waals surface area (Å²) in [6, 6.07) is 9.39. The highest BCUT2D eigenvalue weighted by Gasteiger charge is 2.51. The van der Waals surface area contributed by atoms with Crippen LogP contribution in [-0.4, -0.2) is 35.9 Å². The number of urea groups is 1. The van der Waals surface area contributed by atoms with E-state index in [1.165, 1.54) is 13.2 Å². The number of carbonyl (C=O) groups is 3. The maximum atomic E-state index is 12.6. The van der Waals surface area contributed by atoms with Crippen molar-refractivity contribution < 1.29 is 23.5 Å². The van der Waals surface area contributed by atoms with Crippen LogP contribution in [0.1, 0.15) is 19.6 Å². The van der Waals surface area contributed by atoms with Gasteiger partial charge in [0.2, 0.25) is 5.91 Å². The summed E-state index contributed by atoms with van der Waals surface area (Å²) < 4.78 is 10.6. The summed E-state index contributed by atoms with van der Waals surface area (Å²) in [5.74, 6) is -0.0280. The van der Waals surface area contributed by atoms with Crippen LogP contribution < -0.4 is 15.4 Å². The van der Waals surface area contributed by atoms with Crippen molar-refractivity contribution in [1.82, 2.24) is 10.2 Å². The Hall–Kier alpha value is -3.29. The number of amides is 4. The number of furan rings is 1. The van der Waals surface area contributed by atoms with Gasteiger partial charge in [0.05, 0.1) is 12.9 Å². The normalized spacial score (nSPS) is 19.4. The highest BCUT2D eigenvalue weighted by atomic mass is 16.5. The number of nitrogens with one attached hydrogen (secondary N) is 2. The number of anilines is 1. The van der Waals surface area contributed by atoms with Crippen LogP contribution in [0, 0.1) is 0 Å². The predicted molar refractivity (Wildman–Crippen MR) is 92.5 cm³/mol. The molecule has 2 N–H and O–H groups in total. The first kappa shape index (κ1) is 17.5. The van der Waals surface area contributed by atoms with Gasteiger partial charge >= 0.3 is 6.03 Å². The third-order valence-electron chi connectivity index (χ3n) is 4.04. The molecule has 1 aliphatic rings. The first-order chi connectivity index (χ1) is 12.4. The standard InChI is InChI=1S/C18H19N3O5/c1-3-25-13-8-6-12(7-9-13)19-15(22)11-21-16(23)18(2,20-17(21)24)14-5-4-10-26-14/h4-10H,3,11H2,1-2H3,(H,19,22)(H,20,24)/t18-/m1/s1. The molecule has 2 aromatic rings. The van der Waals surface area contributed by atoms with Crippen LogP contribution in [0.15, 0.2) is 47.1 Å². The van der Waals surface area contributed by atoms with Gasteiger partial charge in [0, 0.05) is 5.69 Å². The van der Waals surface area contributed by atoms with Crippen molar-refractivity contribution in [2.45, 2.75) is 19.4 Å². The zero-order valence-electron chi connectivity index (χ0n) is 14.4. The minimum atomic E-state index is -1.32. The molecule has 0 spiro atoms. The highest BCUT2D eigenvalue weighted by Crippen LogP contribution is 2.29. The third-order valence-corrected chi connectivity index (χ3v) is 4.04. The van der Waals surface area contributed by atoms with Crippen LogP contribution in [0.4, 0.5) is 10.5 Å². The molecule has 1 atom stereocenters. The molecule has 1 aliphatic heterocycles. The lowest BCUT2D eigenvalue weighted by Crippen LogP contribution is -2.41. The topological polar surface area (TPSA) is 101 Å². The van der Waals surface area contributed by atoms with Crippen molar-refractivity contribution in [3.05, 3.63) is 48.4 Å². The molecule has 3 rings (SSSR count). The van der Waals surface area contributed by atoms with Gasteiger partial charge in [0.25, 0.3) is 5.91 Å². The lowest BCUT2D eigenvalue weighted by molar-refractivity contribution is -0.134. The number of nitrogens with zero attached hydrogens (tertiary/aromatic N) is 1. The Bertz CT molecular complexity index is 816. The molecule has 8 nitrogen and oxygen atoms in total. The second kappa shape index (κ2) is 6.91. The summed E-state index contributed by atoms with van der Waals surface area (Å²) in [6.07, 6.45) is 1.42. The number of carbonyl (C=O) groups excluding carboxylic acids is 3. The summed E-state index contributed by atoms with van der Waals surface area (Å²) >= 11 is 0. The Balaban J connectivity index is 1.65. The van der Waals surface area contributed by atoms with E-state index in [0.29, 0.717) is 23.8 Å². The van der Waals surface area contributed by atoms with E-state index in [0.717, 1.165) is 4.90 Å². The number of hydrogen-bond acceptors (Lipinski definition) is 5. The van der Waals surface area contributed by atoms with Crippen LogP contribution in [-0.2, 0) is 15.1 Å². The number of ether oxygens (including phenoxy) is 1. The maximum absolute atomic E-state index is 12.6. The van der Waals surface area contributed by atoms with Crippen LogP contribution in [0.5, 0.6) is 5.75 Å². The average Bonchev–Trinajstić information content (AvgIpc) is 3.22. The van der Waals surface area contributed by atoms with Crippen LogP contribution in [0.3, 0.4) is 0 Å². The van der Waals surface area contributed by atoms with Crippen LogP contribution in [0.2, 0.25) is 0 Å². The fraction of sp³-hybridized carbons (Fsp3) is 0.278. The fourth-order valence-electron chi connectivity index (χ4n) is 2.72. The molecule has 0 unspecified atom stereocenters. The lowest BCUT2D eigenvalue weighted by Gasteiger charge is -2.18. The number of rotatable bonds is 6. The summed E-state index contributed by atoms with van der Waals surface area (Å²) in [5.41, 5.74) is -0.778. The van der Waals surface area contributed by atoms with Crippen molar-refractivity contribution in [2.24, 2.45) is 0 Å². The third kappa shape index (κ3) is 3.26. The molecule has 2 heterocycles. The number of benzene rings is 1. The van der Waals surface area contributed by atoms with Crippen molar-refractivity contribution in [3.63, 3.8) is 0 Å². The second-order valence-corrected chi connectivity index (χ2v) is 5.93. The van der Waals surface area contributed by atoms with Crippen molar-refractivity contribution in [1.29, 1.82) is 0 Å². The van der Waals surface area contributed by atoms with Gasteiger partial charge in [-0.3, -0.25) is 14.5 Å². The summed E-state index contributed by atoms with van der Waals surface area (Å²) in [7, 11) is 0. The van der Waals surface area contributed by atoms with Gasteiger partial charge in [-0.15, -0.1) is 0 Å². The Morgan fingerprint density at radius 2 is 2.00 bits per heavy atom. The van der Waals surface area contributed by atoms with Gasteiger partial charge in [-0.2, -0.15) is 0 Å². The summed E-state index contributed by atoms with van der Waals surface area (Å²) in [4.78, 5) is 37.9. The molecule has 1 aromatic carbocycles. The first-order valence-electron chi connectivity index (χ1n) is 8.15. The maximum Gasteiger partial charge on any atom is 0.325 e. The van der Waals surface area contributed by atoms with Crippen LogP contribution in [0.25, 0.3) is 0 Å². The van der Waals surface area contributed by atoms with Gasteiger partial charge in [0.15, 0.2) is 5.54 Å². The van der Waals surface area contributed by atoms with E-state index in [1.807, 2.05) is 6.92 Å². The molecule has 0 bridgehead atoms. The molecule has 136 valence electrons. The van der Waals surface area contributed by atoms with E-state index in [4.69, 9.17) is 9.15 Å². The summed E-state index contributed by atoms with van der Waals surface area (Å²) in [5, 5.41) is 5.22. The molecule has 0 saturated carbocycles. The zero-order valence-corrected chi connectivity index (χ0v) is 14.4. The zero-order chi connectivity index (χ0) is 18.7. The molecular formula is C18H19N3O5. The fourth-order valence-corrected chi connectivity index (χ4v) is 2.72. The van der Waals surface area contributed by atoms with Gasteiger partial charge in [-0.25, -0.2) is 4.79 Å². The minimum absolute atomic E-state index is 0.310. The molecule has 0 aliphatic carbocycles. The van der Waals surface area contributed by atoms with Gasteiger partial charge in [0.1, 0.15) is 18.1 Å². The van der Waals surface area contributed by atoms with E-state index in [2.05, 4.69) is 10.6 Å². The number of hydrogen-bond donors (Lipinski definition) is 2. The van der Waals surface area contributed by atoms with E-state index >= 15 is 0 Å². The lowest BCUT2D eigenvalue weighted by atomic mass is 9.99. The molecule has 1 fully saturated rings. The highest BCUT2D eigenvalue weighted by molar-refractivity contribution is 6.10. The SMILES string of the molecule is CCOc1ccc(NC(=O)CN2C(=O)N[C@](C)(c3ccco3)C2=O)cc1. The average molecular weight is 357 g/mol. The van der Waals surface area contributed by atoms with Crippen molar-refractivity contribution >= 4 is 23.5 Å². The van der Waals surface area contributed by atoms with Crippen molar-refractivity contribution in [2.75, 3.05) is 18.5 Å². The van der Waals surface area contributed by atoms with Gasteiger partial charge in [-0.1, -0.05) is 0 Å². The second-order valence-electron chi connectivity index (χ2n) is 5.93. The van der Waals surface area contributed by atoms with Crippen molar-refractivity contribution in [3.8, 4) is 5.75 Å². The Labute approximate surface area is 150 Å². The molecule has 1 aromatic heterocycles. The van der Waals surface area contributed by atoms with E-state index in [-0.39, 0.29) is 0 Å². The minimum Gasteiger partial charge on any atom is -0.494 e. The molecule has 4 amide bonds. The largest absolute Gasteiger partial charge is 0.494 e. The Kier molecular flexibility index (Phi) is 4.66. The number of imide groups is 1.